The number of rotatable bonds is 7. The molecule has 0 radical (unpaired) electrons. The molecule has 2 saturated carbocycles. The van der Waals surface area contributed by atoms with Crippen molar-refractivity contribution < 1.29 is 18.7 Å². The zero-order chi connectivity index (χ0) is 22.5. The Hall–Kier alpha value is -2.83. The van der Waals surface area contributed by atoms with Crippen molar-refractivity contribution in [1.29, 1.82) is 5.41 Å². The highest BCUT2D eigenvalue weighted by atomic mass is 16.5. The average Bonchev–Trinajstić information content (AvgIpc) is 3.23. The van der Waals surface area contributed by atoms with Crippen LogP contribution in [0.15, 0.2) is 28.9 Å². The molecule has 2 aliphatic carbocycles. The Morgan fingerprint density at radius 2 is 1.84 bits per heavy atom. The van der Waals surface area contributed by atoms with E-state index in [0.717, 1.165) is 55.7 Å². The van der Waals surface area contributed by atoms with Crippen LogP contribution in [0, 0.1) is 11.3 Å². The summed E-state index contributed by atoms with van der Waals surface area (Å²) < 4.78 is 11.2. The number of carbonyl (C=O) groups excluding carboxylic acids is 2. The maximum atomic E-state index is 12.8. The maximum absolute atomic E-state index is 12.8. The Balaban J connectivity index is 1.22. The molecule has 7 nitrogen and oxygen atoms in total. The highest BCUT2D eigenvalue weighted by Crippen LogP contribution is 2.29. The van der Waals surface area contributed by atoms with Gasteiger partial charge in [-0.1, -0.05) is 12.5 Å². The second kappa shape index (κ2) is 10.2. The lowest BCUT2D eigenvalue weighted by Gasteiger charge is -2.29. The minimum atomic E-state index is -0.213. The van der Waals surface area contributed by atoms with E-state index in [1.165, 1.54) is 25.5 Å². The van der Waals surface area contributed by atoms with Crippen LogP contribution in [0.2, 0.25) is 0 Å². The molecule has 4 N–H and O–H groups in total. The molecule has 0 atom stereocenters. The smallest absolute Gasteiger partial charge is 0.306 e. The number of esters is 1. The standard InChI is InChI=1S/C25H33N3O4/c26-24(27)17-9-12-21-18(14-17)15-31-23(21)25(30)28-19-10-6-16(7-11-19)8-13-22(29)32-20-4-2-1-3-5-20/h9,12,14-16,19-20H,1-8,10-11,13H2,(H3,26,27)(H,28,30). The molecular weight excluding hydrogens is 406 g/mol. The van der Waals surface area contributed by atoms with Gasteiger partial charge in [-0.2, -0.15) is 0 Å². The van der Waals surface area contributed by atoms with E-state index in [9.17, 15) is 9.59 Å². The molecule has 1 aromatic carbocycles. The number of nitrogens with two attached hydrogens (primary N) is 1. The molecule has 172 valence electrons. The molecule has 0 saturated heterocycles. The Morgan fingerprint density at radius 3 is 2.56 bits per heavy atom. The second-order valence-electron chi connectivity index (χ2n) is 9.26. The minimum Gasteiger partial charge on any atom is -0.462 e. The summed E-state index contributed by atoms with van der Waals surface area (Å²) >= 11 is 0. The van der Waals surface area contributed by atoms with Gasteiger partial charge in [0.05, 0.1) is 6.26 Å². The van der Waals surface area contributed by atoms with Gasteiger partial charge in [0.2, 0.25) is 0 Å². The van der Waals surface area contributed by atoms with Crippen LogP contribution in [0.25, 0.3) is 10.8 Å². The highest BCUT2D eigenvalue weighted by molar-refractivity contribution is 6.07. The lowest BCUT2D eigenvalue weighted by Crippen LogP contribution is -2.37. The summed E-state index contributed by atoms with van der Waals surface area (Å²) in [5.74, 6) is 0.525. The first kappa shape index (κ1) is 22.4. The number of ether oxygens (including phenoxy) is 1. The Kier molecular flexibility index (Phi) is 7.12. The summed E-state index contributed by atoms with van der Waals surface area (Å²) in [6.45, 7) is 0. The van der Waals surface area contributed by atoms with Gasteiger partial charge in [0.25, 0.3) is 5.91 Å². The molecule has 7 heteroatoms. The number of hydrogen-bond donors (Lipinski definition) is 3. The second-order valence-corrected chi connectivity index (χ2v) is 9.26. The predicted octanol–water partition coefficient (Wildman–Crippen LogP) is 4.66. The third-order valence-electron chi connectivity index (χ3n) is 6.91. The zero-order valence-electron chi connectivity index (χ0n) is 18.5. The summed E-state index contributed by atoms with van der Waals surface area (Å²) in [4.78, 5) is 24.9. The third kappa shape index (κ3) is 5.50. The van der Waals surface area contributed by atoms with Crippen molar-refractivity contribution in [3.05, 3.63) is 35.8 Å². The summed E-state index contributed by atoms with van der Waals surface area (Å²) in [7, 11) is 0. The Labute approximate surface area is 188 Å². The molecule has 2 fully saturated rings. The molecule has 2 aromatic rings. The summed E-state index contributed by atoms with van der Waals surface area (Å²) in [6, 6.07) is 5.36. The van der Waals surface area contributed by atoms with E-state index >= 15 is 0 Å². The molecule has 32 heavy (non-hydrogen) atoms. The Bertz CT molecular complexity index is 969. The number of amidine groups is 1. The zero-order valence-corrected chi connectivity index (χ0v) is 18.5. The van der Waals surface area contributed by atoms with Gasteiger partial charge in [0.1, 0.15) is 11.9 Å². The summed E-state index contributed by atoms with van der Waals surface area (Å²) in [5, 5.41) is 12.1. The number of amides is 1. The van der Waals surface area contributed by atoms with Gasteiger partial charge in [-0.15, -0.1) is 0 Å². The van der Waals surface area contributed by atoms with Gasteiger partial charge >= 0.3 is 5.97 Å². The minimum absolute atomic E-state index is 0.0156. The van der Waals surface area contributed by atoms with Crippen LogP contribution in [0.5, 0.6) is 0 Å². The molecule has 0 bridgehead atoms. The highest BCUT2D eigenvalue weighted by Gasteiger charge is 2.26. The van der Waals surface area contributed by atoms with Crippen molar-refractivity contribution >= 4 is 28.5 Å². The molecule has 1 aromatic heterocycles. The average molecular weight is 440 g/mol. The van der Waals surface area contributed by atoms with Gasteiger partial charge in [0.15, 0.2) is 5.76 Å². The lowest BCUT2D eigenvalue weighted by molar-refractivity contribution is -0.150. The van der Waals surface area contributed by atoms with Crippen molar-refractivity contribution in [2.45, 2.75) is 82.8 Å². The van der Waals surface area contributed by atoms with Crippen LogP contribution >= 0.6 is 0 Å². The number of fused-ring (bicyclic) bond motifs is 1. The number of benzene rings is 1. The fourth-order valence-corrected chi connectivity index (χ4v) is 4.99. The van der Waals surface area contributed by atoms with E-state index in [0.29, 0.717) is 23.7 Å². The molecule has 1 amide bonds. The first-order valence-corrected chi connectivity index (χ1v) is 11.9. The van der Waals surface area contributed by atoms with Gasteiger partial charge in [-0.05, 0) is 75.8 Å². The van der Waals surface area contributed by atoms with Crippen LogP contribution in [-0.4, -0.2) is 29.9 Å². The van der Waals surface area contributed by atoms with E-state index in [1.54, 1.807) is 18.2 Å². The van der Waals surface area contributed by atoms with Crippen molar-refractivity contribution in [3.8, 4) is 0 Å². The van der Waals surface area contributed by atoms with Crippen LogP contribution in [-0.2, 0) is 9.53 Å². The number of nitrogen functional groups attached to an aromatic ring is 1. The monoisotopic (exact) mass is 439 g/mol. The molecule has 4 rings (SSSR count). The van der Waals surface area contributed by atoms with Crippen molar-refractivity contribution in [3.63, 3.8) is 0 Å². The SMILES string of the molecule is N=C(N)c1ccc2c(C(=O)NC3CCC(CCC(=O)OC4CCCCC4)CC3)occ2c1. The van der Waals surface area contributed by atoms with Gasteiger partial charge in [0, 0.05) is 28.8 Å². The normalized spacial score (nSPS) is 21.9. The molecule has 1 heterocycles. The quantitative estimate of drug-likeness (QED) is 0.329. The number of furan rings is 1. The number of carbonyl (C=O) groups is 2. The lowest BCUT2D eigenvalue weighted by atomic mass is 9.83. The van der Waals surface area contributed by atoms with Crippen LogP contribution < -0.4 is 11.1 Å². The topological polar surface area (TPSA) is 118 Å². The Morgan fingerprint density at radius 1 is 1.09 bits per heavy atom. The molecule has 0 aliphatic heterocycles. The molecule has 0 spiro atoms. The first-order chi connectivity index (χ1) is 15.5. The van der Waals surface area contributed by atoms with E-state index in [4.69, 9.17) is 20.3 Å². The summed E-state index contributed by atoms with van der Waals surface area (Å²) in [6.07, 6.45) is 12.5. The van der Waals surface area contributed by atoms with Crippen molar-refractivity contribution in [2.75, 3.05) is 0 Å². The van der Waals surface area contributed by atoms with E-state index < -0.39 is 0 Å². The van der Waals surface area contributed by atoms with Crippen molar-refractivity contribution in [1.82, 2.24) is 5.32 Å². The first-order valence-electron chi connectivity index (χ1n) is 11.9. The van der Waals surface area contributed by atoms with E-state index in [-0.39, 0.29) is 29.9 Å². The number of nitrogens with one attached hydrogen (secondary N) is 2. The molecule has 2 aliphatic rings. The predicted molar refractivity (Wildman–Crippen MR) is 123 cm³/mol. The maximum Gasteiger partial charge on any atom is 0.306 e. The molecule has 0 unspecified atom stereocenters. The number of hydrogen-bond acceptors (Lipinski definition) is 5. The fraction of sp³-hybridized carbons (Fsp3) is 0.560. The van der Waals surface area contributed by atoms with Crippen LogP contribution in [0.3, 0.4) is 0 Å². The van der Waals surface area contributed by atoms with Gasteiger partial charge in [-0.3, -0.25) is 15.0 Å². The van der Waals surface area contributed by atoms with E-state index in [2.05, 4.69) is 5.32 Å². The third-order valence-corrected chi connectivity index (χ3v) is 6.91. The van der Waals surface area contributed by atoms with Crippen LogP contribution in [0.4, 0.5) is 0 Å². The van der Waals surface area contributed by atoms with Gasteiger partial charge in [-0.25, -0.2) is 0 Å². The van der Waals surface area contributed by atoms with Crippen LogP contribution in [0.1, 0.15) is 86.7 Å². The largest absolute Gasteiger partial charge is 0.462 e. The summed E-state index contributed by atoms with van der Waals surface area (Å²) in [5.41, 5.74) is 6.14. The van der Waals surface area contributed by atoms with E-state index in [1.807, 2.05) is 0 Å². The van der Waals surface area contributed by atoms with Gasteiger partial charge < -0.3 is 20.2 Å². The van der Waals surface area contributed by atoms with Crippen molar-refractivity contribution in [2.24, 2.45) is 11.7 Å². The fourth-order valence-electron chi connectivity index (χ4n) is 4.99. The molecular formula is C25H33N3O4.